The molecule has 2 amide bonds. The molecular formula is C23H23BrN4O2. The lowest BCUT2D eigenvalue weighted by molar-refractivity contribution is -0.136. The molecule has 1 heterocycles. The number of carbonyl (C=O) groups is 2. The van der Waals surface area contributed by atoms with Crippen molar-refractivity contribution in [2.24, 2.45) is 5.10 Å². The van der Waals surface area contributed by atoms with E-state index in [9.17, 15) is 9.59 Å². The van der Waals surface area contributed by atoms with E-state index in [-0.39, 0.29) is 0 Å². The van der Waals surface area contributed by atoms with Gasteiger partial charge in [-0.25, -0.2) is 5.43 Å². The highest BCUT2D eigenvalue weighted by Gasteiger charge is 2.14. The van der Waals surface area contributed by atoms with Crippen molar-refractivity contribution in [1.82, 2.24) is 9.99 Å². The van der Waals surface area contributed by atoms with Crippen LogP contribution in [0.5, 0.6) is 0 Å². The predicted octanol–water partition coefficient (Wildman–Crippen LogP) is 4.56. The third kappa shape index (κ3) is 4.86. The van der Waals surface area contributed by atoms with Crippen molar-refractivity contribution in [2.45, 2.75) is 27.7 Å². The Hall–Kier alpha value is -3.19. The van der Waals surface area contributed by atoms with Gasteiger partial charge in [0.1, 0.15) is 0 Å². The van der Waals surface area contributed by atoms with Gasteiger partial charge in [-0.3, -0.25) is 9.59 Å². The molecule has 0 unspecified atom stereocenters. The van der Waals surface area contributed by atoms with Crippen molar-refractivity contribution in [3.63, 3.8) is 0 Å². The summed E-state index contributed by atoms with van der Waals surface area (Å²) in [5.74, 6) is -1.62. The van der Waals surface area contributed by atoms with E-state index in [2.05, 4.69) is 68.4 Å². The molecule has 6 nitrogen and oxygen atoms in total. The molecule has 154 valence electrons. The summed E-state index contributed by atoms with van der Waals surface area (Å²) >= 11 is 3.32. The maximum atomic E-state index is 12.0. The second kappa shape index (κ2) is 9.09. The average Bonchev–Trinajstić information content (AvgIpc) is 2.97. The molecule has 0 aliphatic heterocycles. The standard InChI is InChI=1S/C23H23BrN4O2/c1-14-5-10-21(15(2)11-14)28-16(3)12-18(17(28)4)13-25-27-23(30)22(29)26-20-8-6-19(24)7-9-20/h5-13H,1-4H3,(H,26,29)(H,27,30)/b25-13-. The summed E-state index contributed by atoms with van der Waals surface area (Å²) < 4.78 is 3.03. The van der Waals surface area contributed by atoms with Crippen LogP contribution in [0.2, 0.25) is 0 Å². The molecule has 1 aromatic heterocycles. The van der Waals surface area contributed by atoms with Gasteiger partial charge in [-0.1, -0.05) is 33.6 Å². The number of nitrogens with one attached hydrogen (secondary N) is 2. The van der Waals surface area contributed by atoms with E-state index in [1.54, 1.807) is 30.5 Å². The second-order valence-electron chi connectivity index (χ2n) is 7.11. The van der Waals surface area contributed by atoms with Crippen molar-refractivity contribution in [1.29, 1.82) is 0 Å². The number of hydrazone groups is 1. The Bertz CT molecular complexity index is 1130. The highest BCUT2D eigenvalue weighted by Crippen LogP contribution is 2.23. The summed E-state index contributed by atoms with van der Waals surface area (Å²) in [5, 5.41) is 6.48. The highest BCUT2D eigenvalue weighted by atomic mass is 79.9. The van der Waals surface area contributed by atoms with Gasteiger partial charge in [0.25, 0.3) is 0 Å². The highest BCUT2D eigenvalue weighted by molar-refractivity contribution is 9.10. The molecular weight excluding hydrogens is 444 g/mol. The van der Waals surface area contributed by atoms with Gasteiger partial charge in [0.05, 0.1) is 6.21 Å². The maximum absolute atomic E-state index is 12.0. The number of benzene rings is 2. The third-order valence-corrected chi connectivity index (χ3v) is 5.27. The summed E-state index contributed by atoms with van der Waals surface area (Å²) in [5.41, 5.74) is 9.22. The number of aromatic nitrogens is 1. The van der Waals surface area contributed by atoms with Crippen LogP contribution < -0.4 is 10.7 Å². The molecule has 0 radical (unpaired) electrons. The van der Waals surface area contributed by atoms with Crippen LogP contribution in [0, 0.1) is 27.7 Å². The van der Waals surface area contributed by atoms with Gasteiger partial charge < -0.3 is 9.88 Å². The normalized spacial score (nSPS) is 11.0. The second-order valence-corrected chi connectivity index (χ2v) is 8.03. The smallest absolute Gasteiger partial charge is 0.318 e. The minimum absolute atomic E-state index is 0.527. The molecule has 0 aliphatic rings. The topological polar surface area (TPSA) is 75.5 Å². The zero-order valence-corrected chi connectivity index (χ0v) is 18.9. The number of carbonyl (C=O) groups excluding carboxylic acids is 2. The van der Waals surface area contributed by atoms with Crippen LogP contribution in [-0.2, 0) is 9.59 Å². The van der Waals surface area contributed by atoms with Crippen LogP contribution in [0.3, 0.4) is 0 Å². The fraction of sp³-hybridized carbons (Fsp3) is 0.174. The van der Waals surface area contributed by atoms with Gasteiger partial charge in [-0.05, 0) is 69.7 Å². The number of anilines is 1. The van der Waals surface area contributed by atoms with Crippen LogP contribution in [-0.4, -0.2) is 22.6 Å². The number of nitrogens with zero attached hydrogens (tertiary/aromatic N) is 2. The lowest BCUT2D eigenvalue weighted by atomic mass is 10.1. The SMILES string of the molecule is Cc1ccc(-n2c(C)cc(/C=N\NC(=O)C(=O)Nc3ccc(Br)cc3)c2C)c(C)c1. The number of rotatable bonds is 4. The van der Waals surface area contributed by atoms with Crippen LogP contribution in [0.1, 0.15) is 28.1 Å². The summed E-state index contributed by atoms with van der Waals surface area (Å²) in [6, 6.07) is 15.3. The largest absolute Gasteiger partial charge is 0.329 e. The zero-order valence-electron chi connectivity index (χ0n) is 17.3. The van der Waals surface area contributed by atoms with Crippen LogP contribution in [0.15, 0.2) is 58.1 Å². The molecule has 0 saturated heterocycles. The molecule has 2 aromatic carbocycles. The first-order valence-electron chi connectivity index (χ1n) is 9.43. The number of hydrogen-bond donors (Lipinski definition) is 2. The molecule has 30 heavy (non-hydrogen) atoms. The molecule has 0 fully saturated rings. The van der Waals surface area contributed by atoms with Gasteiger partial charge in [0.2, 0.25) is 0 Å². The number of aryl methyl sites for hydroxylation is 3. The van der Waals surface area contributed by atoms with Crippen molar-refractivity contribution in [2.75, 3.05) is 5.32 Å². The number of amides is 2. The molecule has 3 aromatic rings. The lowest BCUT2D eigenvalue weighted by Gasteiger charge is -2.13. The summed E-state index contributed by atoms with van der Waals surface area (Å²) in [6.45, 7) is 8.17. The summed E-state index contributed by atoms with van der Waals surface area (Å²) in [6.07, 6.45) is 1.55. The molecule has 7 heteroatoms. The maximum Gasteiger partial charge on any atom is 0.329 e. The summed E-state index contributed by atoms with van der Waals surface area (Å²) in [7, 11) is 0. The minimum Gasteiger partial charge on any atom is -0.318 e. The monoisotopic (exact) mass is 466 g/mol. The Morgan fingerprint density at radius 2 is 1.67 bits per heavy atom. The van der Waals surface area contributed by atoms with Crippen molar-refractivity contribution in [3.05, 3.63) is 81.1 Å². The first-order chi connectivity index (χ1) is 14.3. The third-order valence-electron chi connectivity index (χ3n) is 4.74. The van der Waals surface area contributed by atoms with Crippen molar-refractivity contribution in [3.8, 4) is 5.69 Å². The quantitative estimate of drug-likeness (QED) is 0.335. The fourth-order valence-corrected chi connectivity index (χ4v) is 3.54. The Labute approximate surface area is 184 Å². The Morgan fingerprint density at radius 3 is 2.33 bits per heavy atom. The van der Waals surface area contributed by atoms with Crippen molar-refractivity contribution < 1.29 is 9.59 Å². The van der Waals surface area contributed by atoms with Crippen LogP contribution >= 0.6 is 15.9 Å². The van der Waals surface area contributed by atoms with Crippen molar-refractivity contribution >= 4 is 39.6 Å². The Morgan fingerprint density at radius 1 is 0.967 bits per heavy atom. The van der Waals surface area contributed by atoms with Crippen LogP contribution in [0.4, 0.5) is 5.69 Å². The van der Waals surface area contributed by atoms with Crippen LogP contribution in [0.25, 0.3) is 5.69 Å². The lowest BCUT2D eigenvalue weighted by Crippen LogP contribution is -2.32. The number of halogens is 1. The zero-order chi connectivity index (χ0) is 21.8. The molecule has 3 rings (SSSR count). The summed E-state index contributed by atoms with van der Waals surface area (Å²) in [4.78, 5) is 24.0. The van der Waals surface area contributed by atoms with E-state index in [1.165, 1.54) is 11.1 Å². The van der Waals surface area contributed by atoms with Gasteiger partial charge in [-0.15, -0.1) is 0 Å². The van der Waals surface area contributed by atoms with Gasteiger partial charge in [0, 0.05) is 32.8 Å². The van der Waals surface area contributed by atoms with Gasteiger partial charge >= 0.3 is 11.8 Å². The molecule has 0 atom stereocenters. The first-order valence-corrected chi connectivity index (χ1v) is 10.2. The fourth-order valence-electron chi connectivity index (χ4n) is 3.28. The molecule has 0 aliphatic carbocycles. The Kier molecular flexibility index (Phi) is 6.52. The van der Waals surface area contributed by atoms with E-state index >= 15 is 0 Å². The first kappa shape index (κ1) is 21.5. The van der Waals surface area contributed by atoms with E-state index in [0.717, 1.165) is 27.1 Å². The predicted molar refractivity (Wildman–Crippen MR) is 123 cm³/mol. The van der Waals surface area contributed by atoms with E-state index < -0.39 is 11.8 Å². The molecule has 0 spiro atoms. The number of hydrogen-bond acceptors (Lipinski definition) is 3. The van der Waals surface area contributed by atoms with Gasteiger partial charge in [0.15, 0.2) is 0 Å². The molecule has 0 saturated carbocycles. The van der Waals surface area contributed by atoms with E-state index in [4.69, 9.17) is 0 Å². The molecule has 0 bridgehead atoms. The Balaban J connectivity index is 1.70. The molecule has 2 N–H and O–H groups in total. The average molecular weight is 467 g/mol. The van der Waals surface area contributed by atoms with E-state index in [0.29, 0.717) is 5.69 Å². The minimum atomic E-state index is -0.836. The van der Waals surface area contributed by atoms with E-state index in [1.807, 2.05) is 19.9 Å². The van der Waals surface area contributed by atoms with Gasteiger partial charge in [-0.2, -0.15) is 5.10 Å².